The largest absolute Gasteiger partial charge is 0.358 e. The number of nitrogens with two attached hydrogens (primary N) is 1. The molecule has 1 fully saturated rings. The lowest BCUT2D eigenvalue weighted by Crippen LogP contribution is -2.44. The molecule has 1 aromatic rings. The average molecular weight is 278 g/mol. The van der Waals surface area contributed by atoms with Crippen molar-refractivity contribution in [3.8, 4) is 0 Å². The molecule has 110 valence electrons. The number of nitrogens with zero attached hydrogens (tertiary/aromatic N) is 3. The molecule has 7 heteroatoms. The van der Waals surface area contributed by atoms with Gasteiger partial charge in [0.1, 0.15) is 11.9 Å². The van der Waals surface area contributed by atoms with E-state index in [9.17, 15) is 4.79 Å². The van der Waals surface area contributed by atoms with E-state index in [0.717, 1.165) is 31.6 Å². The summed E-state index contributed by atoms with van der Waals surface area (Å²) in [6.45, 7) is 5.40. The fourth-order valence-electron chi connectivity index (χ4n) is 2.38. The number of rotatable bonds is 4. The minimum Gasteiger partial charge on any atom is -0.358 e. The van der Waals surface area contributed by atoms with Crippen LogP contribution in [0.4, 0.5) is 11.8 Å². The van der Waals surface area contributed by atoms with Crippen molar-refractivity contribution in [2.75, 3.05) is 23.8 Å². The van der Waals surface area contributed by atoms with E-state index in [-0.39, 0.29) is 11.9 Å². The number of likely N-dealkylation sites (tertiary alicyclic amines) is 1. The van der Waals surface area contributed by atoms with Crippen LogP contribution in [0.1, 0.15) is 31.9 Å². The van der Waals surface area contributed by atoms with E-state index in [1.54, 1.807) is 6.07 Å². The molecule has 1 aromatic heterocycles. The zero-order valence-electron chi connectivity index (χ0n) is 12.0. The van der Waals surface area contributed by atoms with E-state index >= 15 is 0 Å². The standard InChI is InChI=1S/C13H22N6O/c1-9-8-11(17-13(15-9)18-14)16-10(2)12(20)19-6-4-3-5-7-19/h8,10H,3-7,14H2,1-2H3,(H2,15,16,17,18). The molecule has 1 unspecified atom stereocenters. The first-order valence-electron chi connectivity index (χ1n) is 6.98. The molecule has 0 aromatic carbocycles. The summed E-state index contributed by atoms with van der Waals surface area (Å²) in [5.41, 5.74) is 3.20. The molecule has 1 atom stereocenters. The molecule has 1 aliphatic rings. The Labute approximate surface area is 118 Å². The SMILES string of the molecule is Cc1cc(NC(C)C(=O)N2CCCCC2)nc(NN)n1. The van der Waals surface area contributed by atoms with E-state index in [1.807, 2.05) is 18.7 Å². The third kappa shape index (κ3) is 3.57. The van der Waals surface area contributed by atoms with E-state index in [1.165, 1.54) is 6.42 Å². The van der Waals surface area contributed by atoms with Crippen molar-refractivity contribution in [3.63, 3.8) is 0 Å². The number of nitrogens with one attached hydrogen (secondary N) is 2. The highest BCUT2D eigenvalue weighted by Gasteiger charge is 2.22. The average Bonchev–Trinajstić information content (AvgIpc) is 2.46. The van der Waals surface area contributed by atoms with E-state index in [2.05, 4.69) is 20.7 Å². The molecule has 0 radical (unpaired) electrons. The predicted molar refractivity (Wildman–Crippen MR) is 78.1 cm³/mol. The van der Waals surface area contributed by atoms with Crippen LogP contribution in [0.15, 0.2) is 6.07 Å². The Morgan fingerprint density at radius 2 is 2.05 bits per heavy atom. The summed E-state index contributed by atoms with van der Waals surface area (Å²) >= 11 is 0. The van der Waals surface area contributed by atoms with Crippen molar-refractivity contribution in [1.82, 2.24) is 14.9 Å². The Bertz CT molecular complexity index is 472. The van der Waals surface area contributed by atoms with Gasteiger partial charge in [0.15, 0.2) is 0 Å². The van der Waals surface area contributed by atoms with Gasteiger partial charge in [-0.2, -0.15) is 4.98 Å². The van der Waals surface area contributed by atoms with Crippen LogP contribution in [0, 0.1) is 6.92 Å². The van der Waals surface area contributed by atoms with Crippen molar-refractivity contribution in [2.24, 2.45) is 5.84 Å². The molecule has 1 saturated heterocycles. The number of carbonyl (C=O) groups is 1. The normalized spacial score (nSPS) is 16.6. The van der Waals surface area contributed by atoms with Crippen molar-refractivity contribution >= 4 is 17.7 Å². The first-order chi connectivity index (χ1) is 9.60. The fraction of sp³-hybridized carbons (Fsp3) is 0.615. The molecule has 1 aliphatic heterocycles. The number of anilines is 2. The number of hydrogen-bond acceptors (Lipinski definition) is 6. The monoisotopic (exact) mass is 278 g/mol. The molecule has 0 spiro atoms. The Morgan fingerprint density at radius 1 is 1.35 bits per heavy atom. The lowest BCUT2D eigenvalue weighted by Gasteiger charge is -2.29. The summed E-state index contributed by atoms with van der Waals surface area (Å²) in [4.78, 5) is 22.5. The third-order valence-electron chi connectivity index (χ3n) is 3.39. The van der Waals surface area contributed by atoms with E-state index < -0.39 is 0 Å². The Hall–Kier alpha value is -1.89. The molecule has 20 heavy (non-hydrogen) atoms. The zero-order valence-corrected chi connectivity index (χ0v) is 12.0. The third-order valence-corrected chi connectivity index (χ3v) is 3.39. The number of carbonyl (C=O) groups excluding carboxylic acids is 1. The minimum absolute atomic E-state index is 0.114. The molecule has 0 saturated carbocycles. The van der Waals surface area contributed by atoms with Crippen molar-refractivity contribution in [1.29, 1.82) is 0 Å². The van der Waals surface area contributed by atoms with Gasteiger partial charge >= 0.3 is 0 Å². The van der Waals surface area contributed by atoms with Crippen LogP contribution < -0.4 is 16.6 Å². The molecule has 7 nitrogen and oxygen atoms in total. The van der Waals surface area contributed by atoms with Crippen molar-refractivity contribution in [3.05, 3.63) is 11.8 Å². The highest BCUT2D eigenvalue weighted by molar-refractivity contribution is 5.84. The maximum atomic E-state index is 12.3. The molecule has 1 amide bonds. The molecule has 4 N–H and O–H groups in total. The molecular weight excluding hydrogens is 256 g/mol. The first-order valence-corrected chi connectivity index (χ1v) is 6.98. The second-order valence-electron chi connectivity index (χ2n) is 5.11. The van der Waals surface area contributed by atoms with Crippen LogP contribution in [-0.4, -0.2) is 39.9 Å². The minimum atomic E-state index is -0.312. The number of hydrogen-bond donors (Lipinski definition) is 3. The van der Waals surface area contributed by atoms with Crippen LogP contribution in [0.5, 0.6) is 0 Å². The van der Waals surface area contributed by atoms with Crippen LogP contribution in [0.25, 0.3) is 0 Å². The topological polar surface area (TPSA) is 96.2 Å². The number of aryl methyl sites for hydroxylation is 1. The summed E-state index contributed by atoms with van der Waals surface area (Å²) in [6.07, 6.45) is 3.39. The van der Waals surface area contributed by atoms with Crippen LogP contribution in [-0.2, 0) is 4.79 Å². The Kier molecular flexibility index (Phi) is 4.73. The van der Waals surface area contributed by atoms with Gasteiger partial charge < -0.3 is 10.2 Å². The number of amides is 1. The number of aromatic nitrogens is 2. The zero-order chi connectivity index (χ0) is 14.5. The highest BCUT2D eigenvalue weighted by Crippen LogP contribution is 2.13. The first kappa shape index (κ1) is 14.5. The quantitative estimate of drug-likeness (QED) is 0.559. The smallest absolute Gasteiger partial charge is 0.244 e. The summed E-state index contributed by atoms with van der Waals surface area (Å²) < 4.78 is 0. The van der Waals surface area contributed by atoms with Gasteiger partial charge in [-0.3, -0.25) is 10.2 Å². The second kappa shape index (κ2) is 6.51. The molecular formula is C13H22N6O. The van der Waals surface area contributed by atoms with Crippen molar-refractivity contribution < 1.29 is 4.79 Å². The maximum absolute atomic E-state index is 12.3. The Morgan fingerprint density at radius 3 is 2.70 bits per heavy atom. The Balaban J connectivity index is 2.01. The summed E-state index contributed by atoms with van der Waals surface area (Å²) in [5.74, 6) is 6.37. The van der Waals surface area contributed by atoms with E-state index in [0.29, 0.717) is 11.8 Å². The van der Waals surface area contributed by atoms with Gasteiger partial charge in [-0.25, -0.2) is 10.8 Å². The summed E-state index contributed by atoms with van der Waals surface area (Å²) in [5, 5.41) is 3.12. The van der Waals surface area contributed by atoms with Crippen LogP contribution >= 0.6 is 0 Å². The van der Waals surface area contributed by atoms with Gasteiger partial charge in [0, 0.05) is 24.8 Å². The fourth-order valence-corrected chi connectivity index (χ4v) is 2.38. The van der Waals surface area contributed by atoms with Gasteiger partial charge in [0.2, 0.25) is 11.9 Å². The maximum Gasteiger partial charge on any atom is 0.244 e. The van der Waals surface area contributed by atoms with Gasteiger partial charge in [-0.1, -0.05) is 0 Å². The molecule has 0 bridgehead atoms. The number of piperidine rings is 1. The summed E-state index contributed by atoms with van der Waals surface area (Å²) in [7, 11) is 0. The molecule has 0 aliphatic carbocycles. The lowest BCUT2D eigenvalue weighted by molar-refractivity contribution is -0.132. The van der Waals surface area contributed by atoms with Gasteiger partial charge in [0.05, 0.1) is 0 Å². The van der Waals surface area contributed by atoms with Gasteiger partial charge in [-0.05, 0) is 33.1 Å². The lowest BCUT2D eigenvalue weighted by atomic mass is 10.1. The van der Waals surface area contributed by atoms with Crippen LogP contribution in [0.2, 0.25) is 0 Å². The molecule has 2 heterocycles. The van der Waals surface area contributed by atoms with Crippen molar-refractivity contribution in [2.45, 2.75) is 39.2 Å². The second-order valence-corrected chi connectivity index (χ2v) is 5.11. The van der Waals surface area contributed by atoms with Crippen LogP contribution in [0.3, 0.4) is 0 Å². The predicted octanol–water partition coefficient (Wildman–Crippen LogP) is 0.884. The number of hydrazine groups is 1. The highest BCUT2D eigenvalue weighted by atomic mass is 16.2. The van der Waals surface area contributed by atoms with E-state index in [4.69, 9.17) is 5.84 Å². The van der Waals surface area contributed by atoms with Gasteiger partial charge in [-0.15, -0.1) is 0 Å². The van der Waals surface area contributed by atoms with Gasteiger partial charge in [0.25, 0.3) is 0 Å². The molecule has 2 rings (SSSR count). The number of nitrogen functional groups attached to an aromatic ring is 1. The summed E-state index contributed by atoms with van der Waals surface area (Å²) in [6, 6.07) is 1.48.